The van der Waals surface area contributed by atoms with Crippen molar-refractivity contribution in [1.82, 2.24) is 0 Å². The third-order valence-electron chi connectivity index (χ3n) is 2.69. The van der Waals surface area contributed by atoms with E-state index in [0.717, 1.165) is 27.4 Å². The van der Waals surface area contributed by atoms with Crippen LogP contribution in [0.3, 0.4) is 0 Å². The molecule has 1 aromatic carbocycles. The molecule has 0 radical (unpaired) electrons. The van der Waals surface area contributed by atoms with Crippen molar-refractivity contribution in [2.24, 2.45) is 0 Å². The highest BCUT2D eigenvalue weighted by Crippen LogP contribution is 2.31. The van der Waals surface area contributed by atoms with Gasteiger partial charge in [0.05, 0.1) is 30.5 Å². The number of rotatable bonds is 7. The summed E-state index contributed by atoms with van der Waals surface area (Å²) < 4.78 is 17.4. The summed E-state index contributed by atoms with van der Waals surface area (Å²) in [5.74, 6) is 2.37. The number of halogens is 1. The lowest BCUT2D eigenvalue weighted by molar-refractivity contribution is 0.288. The standard InChI is InChI=1S/C15H18BrNO3/c1-3-18-13-6-5-11(9-14(13)19-4-2)17-10-15-12(16)7-8-20-15/h5-9,17H,3-4,10H2,1-2H3. The van der Waals surface area contributed by atoms with Crippen LogP contribution in [0.15, 0.2) is 39.4 Å². The molecule has 108 valence electrons. The van der Waals surface area contributed by atoms with Gasteiger partial charge in [-0.1, -0.05) is 0 Å². The Morgan fingerprint density at radius 3 is 2.50 bits per heavy atom. The summed E-state index contributed by atoms with van der Waals surface area (Å²) >= 11 is 3.43. The van der Waals surface area contributed by atoms with Crippen LogP contribution in [0.4, 0.5) is 5.69 Å². The van der Waals surface area contributed by atoms with Crippen LogP contribution in [-0.2, 0) is 6.54 Å². The van der Waals surface area contributed by atoms with Crippen molar-refractivity contribution >= 4 is 21.6 Å². The molecule has 1 N–H and O–H groups in total. The van der Waals surface area contributed by atoms with Gasteiger partial charge < -0.3 is 19.2 Å². The largest absolute Gasteiger partial charge is 0.490 e. The van der Waals surface area contributed by atoms with Gasteiger partial charge in [-0.05, 0) is 48.0 Å². The van der Waals surface area contributed by atoms with Gasteiger partial charge in [-0.25, -0.2) is 0 Å². The Kier molecular flexibility index (Phi) is 5.35. The second kappa shape index (κ2) is 7.24. The molecule has 0 bridgehead atoms. The van der Waals surface area contributed by atoms with Crippen molar-refractivity contribution in [3.05, 3.63) is 40.8 Å². The molecule has 5 heteroatoms. The van der Waals surface area contributed by atoms with Gasteiger partial charge >= 0.3 is 0 Å². The predicted molar refractivity (Wildman–Crippen MR) is 82.5 cm³/mol. The third kappa shape index (κ3) is 3.70. The Balaban J connectivity index is 2.08. The maximum absolute atomic E-state index is 5.59. The van der Waals surface area contributed by atoms with Crippen LogP contribution in [0.25, 0.3) is 0 Å². The molecule has 0 aliphatic carbocycles. The van der Waals surface area contributed by atoms with E-state index in [1.165, 1.54) is 0 Å². The Labute approximate surface area is 127 Å². The van der Waals surface area contributed by atoms with Crippen molar-refractivity contribution in [2.75, 3.05) is 18.5 Å². The van der Waals surface area contributed by atoms with Gasteiger partial charge in [0.15, 0.2) is 11.5 Å². The predicted octanol–water partition coefficient (Wildman–Crippen LogP) is 4.45. The van der Waals surface area contributed by atoms with Gasteiger partial charge in [-0.15, -0.1) is 0 Å². The lowest BCUT2D eigenvalue weighted by Gasteiger charge is -2.13. The zero-order chi connectivity index (χ0) is 14.4. The molecule has 0 amide bonds. The number of hydrogen-bond donors (Lipinski definition) is 1. The molecule has 0 saturated carbocycles. The minimum absolute atomic E-state index is 0.604. The van der Waals surface area contributed by atoms with E-state index in [2.05, 4.69) is 21.2 Å². The summed E-state index contributed by atoms with van der Waals surface area (Å²) in [6, 6.07) is 7.69. The first-order valence-corrected chi connectivity index (χ1v) is 7.39. The Hall–Kier alpha value is -1.62. The van der Waals surface area contributed by atoms with Gasteiger partial charge in [0.25, 0.3) is 0 Å². The molecular formula is C15H18BrNO3. The van der Waals surface area contributed by atoms with Crippen LogP contribution in [0.2, 0.25) is 0 Å². The molecule has 2 rings (SSSR count). The number of hydrogen-bond acceptors (Lipinski definition) is 4. The molecule has 4 nitrogen and oxygen atoms in total. The average molecular weight is 340 g/mol. The maximum atomic E-state index is 5.59. The van der Waals surface area contributed by atoms with Gasteiger partial charge in [0.2, 0.25) is 0 Å². The highest BCUT2D eigenvalue weighted by Gasteiger charge is 2.07. The highest BCUT2D eigenvalue weighted by atomic mass is 79.9. The van der Waals surface area contributed by atoms with Crippen molar-refractivity contribution < 1.29 is 13.9 Å². The van der Waals surface area contributed by atoms with Gasteiger partial charge in [0.1, 0.15) is 5.76 Å². The SMILES string of the molecule is CCOc1ccc(NCc2occc2Br)cc1OCC. The van der Waals surface area contributed by atoms with E-state index in [4.69, 9.17) is 13.9 Å². The molecule has 0 fully saturated rings. The number of ether oxygens (including phenoxy) is 2. The van der Waals surface area contributed by atoms with E-state index in [9.17, 15) is 0 Å². The number of benzene rings is 1. The first-order chi connectivity index (χ1) is 9.74. The van der Waals surface area contributed by atoms with Crippen LogP contribution in [0.1, 0.15) is 19.6 Å². The monoisotopic (exact) mass is 339 g/mol. The van der Waals surface area contributed by atoms with E-state index in [1.807, 2.05) is 38.1 Å². The summed E-state index contributed by atoms with van der Waals surface area (Å²) in [6.45, 7) is 5.73. The molecule has 0 spiro atoms. The second-order valence-electron chi connectivity index (χ2n) is 4.07. The lowest BCUT2D eigenvalue weighted by atomic mass is 10.2. The Bertz CT molecular complexity index is 554. The quantitative estimate of drug-likeness (QED) is 0.809. The first kappa shape index (κ1) is 14.8. The summed E-state index contributed by atoms with van der Waals surface area (Å²) in [7, 11) is 0. The fraction of sp³-hybridized carbons (Fsp3) is 0.333. The fourth-order valence-corrected chi connectivity index (χ4v) is 2.14. The number of anilines is 1. The number of furan rings is 1. The molecule has 20 heavy (non-hydrogen) atoms. The summed E-state index contributed by atoms with van der Waals surface area (Å²) in [6.07, 6.45) is 1.66. The van der Waals surface area contributed by atoms with Crippen LogP contribution in [0, 0.1) is 0 Å². The van der Waals surface area contributed by atoms with Crippen LogP contribution in [0.5, 0.6) is 11.5 Å². The lowest BCUT2D eigenvalue weighted by Crippen LogP contribution is -2.02. The zero-order valence-corrected chi connectivity index (χ0v) is 13.2. The average Bonchev–Trinajstić information content (AvgIpc) is 2.85. The molecule has 0 aliphatic heterocycles. The molecule has 0 atom stereocenters. The number of nitrogens with one attached hydrogen (secondary N) is 1. The zero-order valence-electron chi connectivity index (χ0n) is 11.6. The van der Waals surface area contributed by atoms with E-state index < -0.39 is 0 Å². The van der Waals surface area contributed by atoms with Gasteiger partial charge in [0, 0.05) is 11.8 Å². The molecule has 0 saturated heterocycles. The van der Waals surface area contributed by atoms with Gasteiger partial charge in [-0.2, -0.15) is 0 Å². The highest BCUT2D eigenvalue weighted by molar-refractivity contribution is 9.10. The maximum Gasteiger partial charge on any atom is 0.163 e. The van der Waals surface area contributed by atoms with Gasteiger partial charge in [-0.3, -0.25) is 0 Å². The minimum atomic E-state index is 0.604. The van der Waals surface area contributed by atoms with Crippen molar-refractivity contribution in [1.29, 1.82) is 0 Å². The second-order valence-corrected chi connectivity index (χ2v) is 4.93. The third-order valence-corrected chi connectivity index (χ3v) is 3.39. The Morgan fingerprint density at radius 2 is 1.85 bits per heavy atom. The van der Waals surface area contributed by atoms with Crippen molar-refractivity contribution in [3.63, 3.8) is 0 Å². The Morgan fingerprint density at radius 1 is 1.10 bits per heavy atom. The normalized spacial score (nSPS) is 10.3. The van der Waals surface area contributed by atoms with E-state index in [1.54, 1.807) is 6.26 Å². The molecule has 1 aromatic heterocycles. The van der Waals surface area contributed by atoms with E-state index in [-0.39, 0.29) is 0 Å². The summed E-state index contributed by atoms with van der Waals surface area (Å²) in [5.41, 5.74) is 0.959. The molecule has 0 unspecified atom stereocenters. The minimum Gasteiger partial charge on any atom is -0.490 e. The fourth-order valence-electron chi connectivity index (χ4n) is 1.79. The van der Waals surface area contributed by atoms with E-state index in [0.29, 0.717) is 19.8 Å². The molecule has 0 aliphatic rings. The summed E-state index contributed by atoms with van der Waals surface area (Å²) in [5, 5.41) is 3.30. The first-order valence-electron chi connectivity index (χ1n) is 6.60. The molecule has 2 aromatic rings. The molecule has 1 heterocycles. The van der Waals surface area contributed by atoms with Crippen LogP contribution in [-0.4, -0.2) is 13.2 Å². The van der Waals surface area contributed by atoms with Crippen LogP contribution < -0.4 is 14.8 Å². The molecular weight excluding hydrogens is 322 g/mol. The topological polar surface area (TPSA) is 43.6 Å². The van der Waals surface area contributed by atoms with Crippen molar-refractivity contribution in [3.8, 4) is 11.5 Å². The van der Waals surface area contributed by atoms with Crippen molar-refractivity contribution in [2.45, 2.75) is 20.4 Å². The smallest absolute Gasteiger partial charge is 0.163 e. The van der Waals surface area contributed by atoms with Crippen LogP contribution >= 0.6 is 15.9 Å². The summed E-state index contributed by atoms with van der Waals surface area (Å²) in [4.78, 5) is 0. The van der Waals surface area contributed by atoms with E-state index >= 15 is 0 Å².